The standard InChI is InChI=1S/C12H15BrClNO2/c1-7(2)15-12(16)8(3)17-10-6-4-5-9(14)11(10)13/h4-8H,1-3H3,(H,15,16). The topological polar surface area (TPSA) is 38.3 Å². The van der Waals surface area contributed by atoms with Crippen LogP contribution in [0.1, 0.15) is 20.8 Å². The van der Waals surface area contributed by atoms with Crippen molar-refractivity contribution in [3.8, 4) is 5.75 Å². The minimum atomic E-state index is -0.563. The van der Waals surface area contributed by atoms with Crippen LogP contribution in [-0.4, -0.2) is 18.1 Å². The summed E-state index contributed by atoms with van der Waals surface area (Å²) >= 11 is 9.25. The fraction of sp³-hybridized carbons (Fsp3) is 0.417. The molecule has 1 atom stereocenters. The highest BCUT2D eigenvalue weighted by Crippen LogP contribution is 2.32. The average Bonchev–Trinajstić information content (AvgIpc) is 2.23. The molecule has 0 aliphatic heterocycles. The summed E-state index contributed by atoms with van der Waals surface area (Å²) < 4.78 is 6.20. The van der Waals surface area contributed by atoms with Crippen LogP contribution in [0.2, 0.25) is 5.02 Å². The summed E-state index contributed by atoms with van der Waals surface area (Å²) in [5.41, 5.74) is 0. The van der Waals surface area contributed by atoms with Crippen molar-refractivity contribution in [1.29, 1.82) is 0 Å². The molecule has 0 aliphatic rings. The SMILES string of the molecule is CC(C)NC(=O)C(C)Oc1cccc(Cl)c1Br. The molecule has 0 saturated carbocycles. The number of carbonyl (C=O) groups is 1. The molecule has 0 spiro atoms. The van der Waals surface area contributed by atoms with Gasteiger partial charge in [0.15, 0.2) is 6.10 Å². The predicted octanol–water partition coefficient (Wildman–Crippen LogP) is 3.39. The van der Waals surface area contributed by atoms with Gasteiger partial charge in [0, 0.05) is 6.04 Å². The maximum Gasteiger partial charge on any atom is 0.260 e. The second-order valence-corrected chi connectivity index (χ2v) is 5.18. The number of carbonyl (C=O) groups excluding carboxylic acids is 1. The van der Waals surface area contributed by atoms with Crippen molar-refractivity contribution in [3.63, 3.8) is 0 Å². The van der Waals surface area contributed by atoms with Gasteiger partial charge in [-0.2, -0.15) is 0 Å². The Morgan fingerprint density at radius 3 is 2.65 bits per heavy atom. The van der Waals surface area contributed by atoms with Crippen molar-refractivity contribution in [3.05, 3.63) is 27.7 Å². The Kier molecular flexibility index (Phi) is 5.28. The molecule has 3 nitrogen and oxygen atoms in total. The third-order valence-corrected chi connectivity index (χ3v) is 3.38. The van der Waals surface area contributed by atoms with E-state index >= 15 is 0 Å². The van der Waals surface area contributed by atoms with E-state index in [2.05, 4.69) is 21.2 Å². The molecular weight excluding hydrogens is 305 g/mol. The lowest BCUT2D eigenvalue weighted by Crippen LogP contribution is -2.40. The van der Waals surface area contributed by atoms with E-state index in [4.69, 9.17) is 16.3 Å². The largest absolute Gasteiger partial charge is 0.480 e. The minimum absolute atomic E-state index is 0.0938. The molecule has 0 bridgehead atoms. The molecule has 1 amide bonds. The van der Waals surface area contributed by atoms with Crippen molar-refractivity contribution in [1.82, 2.24) is 5.32 Å². The van der Waals surface area contributed by atoms with Gasteiger partial charge in [-0.25, -0.2) is 0 Å². The van der Waals surface area contributed by atoms with Crippen LogP contribution in [0.3, 0.4) is 0 Å². The van der Waals surface area contributed by atoms with Crippen molar-refractivity contribution in [2.24, 2.45) is 0 Å². The normalized spacial score (nSPS) is 12.4. The van der Waals surface area contributed by atoms with Crippen molar-refractivity contribution >= 4 is 33.4 Å². The molecule has 0 aromatic heterocycles. The Bertz CT molecular complexity index is 409. The molecule has 5 heteroatoms. The third-order valence-electron chi connectivity index (χ3n) is 2.02. The summed E-state index contributed by atoms with van der Waals surface area (Å²) in [5.74, 6) is 0.413. The number of hydrogen-bond acceptors (Lipinski definition) is 2. The summed E-state index contributed by atoms with van der Waals surface area (Å²) in [6.45, 7) is 5.50. The maximum absolute atomic E-state index is 11.7. The van der Waals surface area contributed by atoms with E-state index < -0.39 is 6.10 Å². The summed E-state index contributed by atoms with van der Waals surface area (Å²) in [5, 5.41) is 3.34. The molecule has 1 rings (SSSR count). The zero-order valence-electron chi connectivity index (χ0n) is 9.96. The summed E-state index contributed by atoms with van der Waals surface area (Å²) in [4.78, 5) is 11.7. The van der Waals surface area contributed by atoms with E-state index in [0.717, 1.165) is 0 Å². The number of rotatable bonds is 4. The predicted molar refractivity (Wildman–Crippen MR) is 72.5 cm³/mol. The lowest BCUT2D eigenvalue weighted by molar-refractivity contribution is -0.127. The van der Waals surface area contributed by atoms with Crippen molar-refractivity contribution in [2.75, 3.05) is 0 Å². The highest BCUT2D eigenvalue weighted by Gasteiger charge is 2.17. The smallest absolute Gasteiger partial charge is 0.260 e. The number of hydrogen-bond donors (Lipinski definition) is 1. The average molecular weight is 321 g/mol. The van der Waals surface area contributed by atoms with Crippen molar-refractivity contribution < 1.29 is 9.53 Å². The Morgan fingerprint density at radius 2 is 2.06 bits per heavy atom. The number of nitrogens with one attached hydrogen (secondary N) is 1. The second-order valence-electron chi connectivity index (χ2n) is 3.98. The summed E-state index contributed by atoms with van der Waals surface area (Å²) in [7, 11) is 0. The lowest BCUT2D eigenvalue weighted by Gasteiger charge is -2.17. The first-order valence-electron chi connectivity index (χ1n) is 5.33. The van der Waals surface area contributed by atoms with E-state index in [0.29, 0.717) is 15.2 Å². The van der Waals surface area contributed by atoms with E-state index in [9.17, 15) is 4.79 Å². The van der Waals surface area contributed by atoms with Gasteiger partial charge in [0.05, 0.1) is 9.50 Å². The van der Waals surface area contributed by atoms with Gasteiger partial charge in [0.2, 0.25) is 0 Å². The van der Waals surface area contributed by atoms with Gasteiger partial charge in [-0.05, 0) is 48.8 Å². The molecule has 0 aliphatic carbocycles. The first kappa shape index (κ1) is 14.3. The molecule has 0 fully saturated rings. The molecular formula is C12H15BrClNO2. The minimum Gasteiger partial charge on any atom is -0.480 e. The van der Waals surface area contributed by atoms with Gasteiger partial charge in [-0.1, -0.05) is 17.7 Å². The molecule has 94 valence electrons. The zero-order chi connectivity index (χ0) is 13.0. The summed E-state index contributed by atoms with van der Waals surface area (Å²) in [6, 6.07) is 5.37. The Labute approximate surface area is 115 Å². The molecule has 0 radical (unpaired) electrons. The third kappa shape index (κ3) is 4.21. The van der Waals surface area contributed by atoms with E-state index in [1.54, 1.807) is 25.1 Å². The summed E-state index contributed by atoms with van der Waals surface area (Å²) in [6.07, 6.45) is -0.563. The molecule has 17 heavy (non-hydrogen) atoms. The Balaban J connectivity index is 2.71. The van der Waals surface area contributed by atoms with Crippen LogP contribution in [0.25, 0.3) is 0 Å². The van der Waals surface area contributed by atoms with Crippen LogP contribution in [-0.2, 0) is 4.79 Å². The zero-order valence-corrected chi connectivity index (χ0v) is 12.3. The number of ether oxygens (including phenoxy) is 1. The monoisotopic (exact) mass is 319 g/mol. The van der Waals surface area contributed by atoms with Gasteiger partial charge in [0.1, 0.15) is 5.75 Å². The Morgan fingerprint density at radius 1 is 1.41 bits per heavy atom. The van der Waals surface area contributed by atoms with Gasteiger partial charge >= 0.3 is 0 Å². The van der Waals surface area contributed by atoms with E-state index in [1.165, 1.54) is 0 Å². The molecule has 0 heterocycles. The quantitative estimate of drug-likeness (QED) is 0.923. The van der Waals surface area contributed by atoms with Crippen LogP contribution in [0.5, 0.6) is 5.75 Å². The Hall–Kier alpha value is -0.740. The fourth-order valence-electron chi connectivity index (χ4n) is 1.22. The first-order valence-corrected chi connectivity index (χ1v) is 6.50. The van der Waals surface area contributed by atoms with Gasteiger partial charge in [-0.3, -0.25) is 4.79 Å². The van der Waals surface area contributed by atoms with Gasteiger partial charge < -0.3 is 10.1 Å². The van der Waals surface area contributed by atoms with Crippen LogP contribution >= 0.6 is 27.5 Å². The van der Waals surface area contributed by atoms with E-state index in [-0.39, 0.29) is 11.9 Å². The molecule has 1 N–H and O–H groups in total. The molecule has 1 aromatic carbocycles. The van der Waals surface area contributed by atoms with Crippen molar-refractivity contribution in [2.45, 2.75) is 32.9 Å². The van der Waals surface area contributed by atoms with Crippen LogP contribution < -0.4 is 10.1 Å². The van der Waals surface area contributed by atoms with Crippen LogP contribution in [0.4, 0.5) is 0 Å². The lowest BCUT2D eigenvalue weighted by atomic mass is 10.3. The van der Waals surface area contributed by atoms with E-state index in [1.807, 2.05) is 13.8 Å². The van der Waals surface area contributed by atoms with Crippen LogP contribution in [0, 0.1) is 0 Å². The molecule has 0 saturated heterocycles. The highest BCUT2D eigenvalue weighted by atomic mass is 79.9. The van der Waals surface area contributed by atoms with Gasteiger partial charge in [0.25, 0.3) is 5.91 Å². The maximum atomic E-state index is 11.7. The number of halogens is 2. The van der Waals surface area contributed by atoms with Gasteiger partial charge in [-0.15, -0.1) is 0 Å². The molecule has 1 unspecified atom stereocenters. The highest BCUT2D eigenvalue weighted by molar-refractivity contribution is 9.10. The fourth-order valence-corrected chi connectivity index (χ4v) is 1.74. The molecule has 1 aromatic rings. The number of benzene rings is 1. The first-order chi connectivity index (χ1) is 7.91. The van der Waals surface area contributed by atoms with Crippen LogP contribution in [0.15, 0.2) is 22.7 Å². The number of amides is 1. The second kappa shape index (κ2) is 6.26.